The van der Waals surface area contributed by atoms with Crippen molar-refractivity contribution in [2.45, 2.75) is 334 Å². The zero-order chi connectivity index (χ0) is 50.2. The van der Waals surface area contributed by atoms with E-state index in [0.717, 1.165) is 70.6 Å². The van der Waals surface area contributed by atoms with Crippen LogP contribution in [0.1, 0.15) is 316 Å². The van der Waals surface area contributed by atoms with Crippen LogP contribution in [0.25, 0.3) is 0 Å². The maximum Gasteiger partial charge on any atom is 0.306 e. The molecule has 0 radical (unpaired) electrons. The predicted molar refractivity (Wildman–Crippen MR) is 301 cm³/mol. The van der Waals surface area contributed by atoms with Gasteiger partial charge in [0.05, 0.1) is 25.2 Å². The summed E-state index contributed by atoms with van der Waals surface area (Å²) in [6.45, 7) is 6.48. The lowest BCUT2D eigenvalue weighted by atomic mass is 10.0. The molecule has 0 aliphatic heterocycles. The number of carbonyl (C=O) groups excluding carboxylic acids is 2. The fourth-order valence-corrected chi connectivity index (χ4v) is 9.39. The van der Waals surface area contributed by atoms with Gasteiger partial charge in [-0.25, -0.2) is 0 Å². The van der Waals surface area contributed by atoms with Gasteiger partial charge in [-0.15, -0.1) is 0 Å². The van der Waals surface area contributed by atoms with Crippen molar-refractivity contribution in [1.29, 1.82) is 0 Å². The van der Waals surface area contributed by atoms with Gasteiger partial charge in [-0.1, -0.05) is 301 Å². The van der Waals surface area contributed by atoms with Crippen molar-refractivity contribution in [3.05, 3.63) is 48.6 Å². The van der Waals surface area contributed by atoms with Gasteiger partial charge < -0.3 is 20.3 Å². The molecule has 0 heterocycles. The average molecular weight is 969 g/mol. The number of allylic oxidation sites excluding steroid dienone is 8. The van der Waals surface area contributed by atoms with E-state index in [2.05, 4.69) is 74.7 Å². The molecule has 0 aromatic heterocycles. The summed E-state index contributed by atoms with van der Waals surface area (Å²) >= 11 is 0. The van der Waals surface area contributed by atoms with Crippen molar-refractivity contribution in [3.63, 3.8) is 0 Å². The number of esters is 1. The number of ether oxygens (including phenoxy) is 1. The van der Waals surface area contributed by atoms with Crippen LogP contribution in [0.3, 0.4) is 0 Å². The van der Waals surface area contributed by atoms with Gasteiger partial charge in [0.2, 0.25) is 5.91 Å². The summed E-state index contributed by atoms with van der Waals surface area (Å²) in [7, 11) is 0. The van der Waals surface area contributed by atoms with E-state index in [0.29, 0.717) is 19.3 Å². The molecule has 1 amide bonds. The minimum absolute atomic E-state index is 0.0548. The highest BCUT2D eigenvalue weighted by atomic mass is 16.5. The van der Waals surface area contributed by atoms with Crippen molar-refractivity contribution in [2.24, 2.45) is 0 Å². The minimum atomic E-state index is -0.799. The first-order chi connectivity index (χ1) is 34.0. The summed E-state index contributed by atoms with van der Waals surface area (Å²) in [5.74, 6) is -0.496. The molecule has 3 atom stereocenters. The SMILES string of the molecule is CCCCC/C=C/C=C/C=C/C=C/CCCCCC(CC(=O)NC(CO)C(O)CCCCCCCCCCCCCCCCCC)OC(=O)CCCCCCCCCCCCCCCCCCCC. The smallest absolute Gasteiger partial charge is 0.306 e. The fourth-order valence-electron chi connectivity index (χ4n) is 9.39. The van der Waals surface area contributed by atoms with Gasteiger partial charge in [-0.05, 0) is 51.4 Å². The Morgan fingerprint density at radius 3 is 1.14 bits per heavy atom. The lowest BCUT2D eigenvalue weighted by molar-refractivity contribution is -0.151. The molecule has 6 nitrogen and oxygen atoms in total. The highest BCUT2D eigenvalue weighted by Crippen LogP contribution is 2.19. The van der Waals surface area contributed by atoms with Crippen LogP contribution in [0.2, 0.25) is 0 Å². The van der Waals surface area contributed by atoms with Gasteiger partial charge in [0.15, 0.2) is 0 Å². The Morgan fingerprint density at radius 1 is 0.420 bits per heavy atom. The molecule has 404 valence electrons. The average Bonchev–Trinajstić information content (AvgIpc) is 3.34. The van der Waals surface area contributed by atoms with Gasteiger partial charge in [-0.3, -0.25) is 9.59 Å². The maximum atomic E-state index is 13.3. The number of hydrogen-bond donors (Lipinski definition) is 3. The largest absolute Gasteiger partial charge is 0.462 e. The molecule has 0 rings (SSSR count). The molecule has 0 aromatic rings. The second-order valence-electron chi connectivity index (χ2n) is 20.9. The zero-order valence-electron chi connectivity index (χ0n) is 46.2. The lowest BCUT2D eigenvalue weighted by Crippen LogP contribution is -2.46. The standard InChI is InChI=1S/C63H117NO5/c1-4-7-10-13-16-19-22-25-28-31-32-35-38-41-44-47-50-53-56-63(68)69-59(54-51-48-45-42-39-36-33-29-26-23-20-17-14-11-8-5-2)57-62(67)64-60(58-65)61(66)55-52-49-46-43-40-37-34-30-27-24-21-18-15-12-9-6-3/h17,20,23,26,29,33,36,39,59-61,65-66H,4-16,18-19,21-22,24-25,27-28,30-32,34-35,37-38,40-58H2,1-3H3,(H,64,67)/b20-17+,26-23+,33-29+,39-36+. The summed E-state index contributed by atoms with van der Waals surface area (Å²) in [5.41, 5.74) is 0. The van der Waals surface area contributed by atoms with Crippen molar-refractivity contribution in [2.75, 3.05) is 6.61 Å². The zero-order valence-corrected chi connectivity index (χ0v) is 46.2. The molecular formula is C63H117NO5. The van der Waals surface area contributed by atoms with E-state index in [9.17, 15) is 19.8 Å². The molecule has 0 spiro atoms. The third-order valence-electron chi connectivity index (χ3n) is 14.0. The van der Waals surface area contributed by atoms with E-state index in [1.54, 1.807) is 0 Å². The summed E-state index contributed by atoms with van der Waals surface area (Å²) < 4.78 is 5.96. The number of carbonyl (C=O) groups is 2. The number of nitrogens with one attached hydrogen (secondary N) is 1. The molecule has 0 aliphatic carbocycles. The van der Waals surface area contributed by atoms with Crippen molar-refractivity contribution in [3.8, 4) is 0 Å². The Hall–Kier alpha value is -2.18. The van der Waals surface area contributed by atoms with E-state index < -0.39 is 18.2 Å². The van der Waals surface area contributed by atoms with Gasteiger partial charge in [0, 0.05) is 6.42 Å². The molecule has 0 aromatic carbocycles. The van der Waals surface area contributed by atoms with Crippen molar-refractivity contribution < 1.29 is 24.5 Å². The highest BCUT2D eigenvalue weighted by Gasteiger charge is 2.24. The number of hydrogen-bond acceptors (Lipinski definition) is 5. The second-order valence-corrected chi connectivity index (χ2v) is 20.9. The van der Waals surface area contributed by atoms with Crippen LogP contribution in [0.15, 0.2) is 48.6 Å². The molecule has 3 N–H and O–H groups in total. The van der Waals surface area contributed by atoms with E-state index in [4.69, 9.17) is 4.74 Å². The molecule has 0 saturated heterocycles. The van der Waals surface area contributed by atoms with Gasteiger partial charge in [-0.2, -0.15) is 0 Å². The van der Waals surface area contributed by atoms with Crippen molar-refractivity contribution >= 4 is 11.9 Å². The first-order valence-corrected chi connectivity index (χ1v) is 30.4. The fraction of sp³-hybridized carbons (Fsp3) is 0.841. The normalized spacial score (nSPS) is 13.4. The number of aliphatic hydroxyl groups is 2. The van der Waals surface area contributed by atoms with E-state index >= 15 is 0 Å². The van der Waals surface area contributed by atoms with Crippen LogP contribution >= 0.6 is 0 Å². The van der Waals surface area contributed by atoms with Crippen LogP contribution < -0.4 is 5.32 Å². The third-order valence-corrected chi connectivity index (χ3v) is 14.0. The Labute approximate surface area is 429 Å². The quantitative estimate of drug-likeness (QED) is 0.0321. The lowest BCUT2D eigenvalue weighted by Gasteiger charge is -2.24. The summed E-state index contributed by atoms with van der Waals surface area (Å²) in [6, 6.07) is -0.715. The number of aliphatic hydroxyl groups excluding tert-OH is 2. The first kappa shape index (κ1) is 66.8. The predicted octanol–water partition coefficient (Wildman–Crippen LogP) is 19.0. The highest BCUT2D eigenvalue weighted by molar-refractivity contribution is 5.77. The second kappa shape index (κ2) is 56.7. The van der Waals surface area contributed by atoms with Crippen LogP contribution in [0, 0.1) is 0 Å². The summed E-state index contributed by atoms with van der Waals surface area (Å²) in [4.78, 5) is 26.3. The van der Waals surface area contributed by atoms with E-state index in [-0.39, 0.29) is 24.9 Å². The molecule has 0 fully saturated rings. The molecule has 69 heavy (non-hydrogen) atoms. The van der Waals surface area contributed by atoms with Crippen LogP contribution in [0.4, 0.5) is 0 Å². The van der Waals surface area contributed by atoms with Gasteiger partial charge in [0.25, 0.3) is 0 Å². The van der Waals surface area contributed by atoms with Crippen molar-refractivity contribution in [1.82, 2.24) is 5.32 Å². The Bertz CT molecular complexity index is 1180. The minimum Gasteiger partial charge on any atom is -0.462 e. The maximum absolute atomic E-state index is 13.3. The monoisotopic (exact) mass is 968 g/mol. The molecule has 6 heteroatoms. The number of unbranched alkanes of at least 4 members (excludes halogenated alkanes) is 38. The number of rotatable bonds is 55. The first-order valence-electron chi connectivity index (χ1n) is 30.4. The Morgan fingerprint density at radius 2 is 0.739 bits per heavy atom. The topological polar surface area (TPSA) is 95.9 Å². The van der Waals surface area contributed by atoms with E-state index in [1.807, 2.05) is 0 Å². The molecular weight excluding hydrogens is 851 g/mol. The molecule has 3 unspecified atom stereocenters. The molecule has 0 bridgehead atoms. The van der Waals surface area contributed by atoms with Crippen LogP contribution in [-0.4, -0.2) is 46.9 Å². The Kier molecular flexibility index (Phi) is 54.9. The summed E-state index contributed by atoms with van der Waals surface area (Å²) in [5, 5.41) is 23.9. The van der Waals surface area contributed by atoms with Crippen LogP contribution in [0.5, 0.6) is 0 Å². The third kappa shape index (κ3) is 52.0. The van der Waals surface area contributed by atoms with Gasteiger partial charge >= 0.3 is 5.97 Å². The summed E-state index contributed by atoms with van der Waals surface area (Å²) in [6.07, 6.45) is 70.4. The molecule has 0 aliphatic rings. The van der Waals surface area contributed by atoms with E-state index in [1.165, 1.54) is 199 Å². The Balaban J connectivity index is 4.58. The molecule has 0 saturated carbocycles. The number of amides is 1. The van der Waals surface area contributed by atoms with Crippen LogP contribution in [-0.2, 0) is 14.3 Å². The van der Waals surface area contributed by atoms with Gasteiger partial charge in [0.1, 0.15) is 6.10 Å².